The quantitative estimate of drug-likeness (QED) is 0.0491. The Morgan fingerprint density at radius 2 is 1.08 bits per heavy atom. The van der Waals surface area contributed by atoms with Crippen molar-refractivity contribution in [2.45, 2.75) is 223 Å². The molecule has 0 atom stereocenters. The van der Waals surface area contributed by atoms with Gasteiger partial charge in [0.1, 0.15) is 34.3 Å². The summed E-state index contributed by atoms with van der Waals surface area (Å²) in [6, 6.07) is 25.8. The Bertz CT molecular complexity index is 3920. The molecule has 2 amide bonds. The van der Waals surface area contributed by atoms with Crippen molar-refractivity contribution in [2.24, 2.45) is 21.8 Å². The minimum Gasteiger partial charge on any atom is -0.376 e. The second-order valence-electron chi connectivity index (χ2n) is 26.1. The Kier molecular flexibility index (Phi) is 18.7. The highest BCUT2D eigenvalue weighted by Crippen LogP contribution is 2.43. The van der Waals surface area contributed by atoms with Gasteiger partial charge < -0.3 is 18.5 Å². The van der Waals surface area contributed by atoms with E-state index in [9.17, 15) is 26.4 Å². The average molecular weight is 1260 g/mol. The highest BCUT2D eigenvalue weighted by molar-refractivity contribution is 7.93. The molecule has 4 saturated carbocycles. The van der Waals surface area contributed by atoms with E-state index in [-0.39, 0.29) is 58.5 Å². The molecule has 0 radical (unpaired) electrons. The van der Waals surface area contributed by atoms with Gasteiger partial charge in [0.05, 0.1) is 42.2 Å². The number of aliphatic imine (C=N–C) groups is 2. The van der Waals surface area contributed by atoms with Gasteiger partial charge in [-0.2, -0.15) is 0 Å². The van der Waals surface area contributed by atoms with Crippen LogP contribution in [0.5, 0.6) is 0 Å². The number of ether oxygens (including phenoxy) is 2. The maximum Gasteiger partial charge on any atom is 0.263 e. The number of benzene rings is 4. The van der Waals surface area contributed by atoms with Gasteiger partial charge in [-0.15, -0.1) is 0 Å². The Morgan fingerprint density at radius 3 is 1.57 bits per heavy atom. The molecule has 18 nitrogen and oxygen atoms in total. The molecular formula is C70H86N8O10S2. The zero-order valence-electron chi connectivity index (χ0n) is 52.8. The Balaban J connectivity index is 0.741. The number of sulfonamides is 2. The number of carbonyl (C=O) groups is 2. The van der Waals surface area contributed by atoms with Crippen LogP contribution in [0.15, 0.2) is 114 Å². The highest BCUT2D eigenvalue weighted by atomic mass is 32.2. The Hall–Kier alpha value is -7.00. The summed E-state index contributed by atoms with van der Waals surface area (Å²) in [4.78, 5) is 43.0. The summed E-state index contributed by atoms with van der Waals surface area (Å²) in [6.45, 7) is 11.4. The topological polar surface area (TPSA) is 228 Å². The standard InChI is InChI=1S/C70H86N8O10S2/c1-6-8-24-63-71-69(32-16-10-17-33-69)67(79)77(63)41-50-28-30-56(53(36-50)44-85-43-49-26-27-49)58-20-12-14-22-61(58)90(83,84)76-66-47(4)60(88-74-66)40-52-38-55(39-52)86-45-54-37-51(42-78-64(25-9-7-2)72-70(68(78)80)34-18-11-19-35-70)29-31-57(54)59-21-13-15-23-62(59)89(81,82)75-65-46(3)48(5)87-73-65/h12-15,20-23,28-31,36-37,49,52,55H,6-11,16-19,24-27,32-35,38-45H2,1-5H3,(H,73,75)(H,74,76). The van der Waals surface area contributed by atoms with Crippen LogP contribution in [0.1, 0.15) is 187 Å². The number of nitrogens with one attached hydrogen (secondary N) is 2. The molecule has 6 aliphatic rings. The highest BCUT2D eigenvalue weighted by Gasteiger charge is 2.49. The predicted molar refractivity (Wildman–Crippen MR) is 347 cm³/mol. The number of unbranched alkanes of at least 4 members (excludes halogenated alkanes) is 2. The van der Waals surface area contributed by atoms with Crippen molar-refractivity contribution in [3.8, 4) is 22.3 Å². The summed E-state index contributed by atoms with van der Waals surface area (Å²) < 4.78 is 87.4. The molecular weight excluding hydrogens is 1180 g/mol. The molecule has 0 bridgehead atoms. The minimum absolute atomic E-state index is 0.0649. The number of rotatable bonds is 27. The monoisotopic (exact) mass is 1260 g/mol. The van der Waals surface area contributed by atoms with Gasteiger partial charge in [0.2, 0.25) is 0 Å². The van der Waals surface area contributed by atoms with E-state index in [4.69, 9.17) is 28.5 Å². The molecule has 2 aromatic heterocycles. The molecule has 4 heterocycles. The van der Waals surface area contributed by atoms with E-state index < -0.39 is 31.1 Å². The summed E-state index contributed by atoms with van der Waals surface area (Å²) in [5, 5.41) is 8.25. The molecule has 478 valence electrons. The third-order valence-electron chi connectivity index (χ3n) is 19.5. The molecule has 4 aromatic carbocycles. The molecule has 90 heavy (non-hydrogen) atoms. The SMILES string of the molecule is CCCCC1=NC2(CCCCC2)C(=O)N1Cc1ccc(-c2ccccc2S(=O)(=O)Nc2noc(C)c2C)c(COC2CC(Cc3onc(NS(=O)(=O)c4ccccc4-c4ccc(CN5C(=O)C6(CCCCC6)N=C5CCCC)cc4COCC4CC4)c3C)C2)c1. The first-order valence-electron chi connectivity index (χ1n) is 32.8. The van der Waals surface area contributed by atoms with Crippen molar-refractivity contribution in [1.82, 2.24) is 20.1 Å². The second-order valence-corrected chi connectivity index (χ2v) is 29.4. The molecule has 0 unspecified atom stereocenters. The van der Waals surface area contributed by atoms with E-state index in [1.807, 2.05) is 65.3 Å². The van der Waals surface area contributed by atoms with E-state index in [1.54, 1.807) is 44.2 Å². The van der Waals surface area contributed by atoms with E-state index in [0.29, 0.717) is 84.2 Å². The number of aromatic nitrogens is 2. The number of anilines is 2. The van der Waals surface area contributed by atoms with Crippen LogP contribution in [-0.2, 0) is 71.8 Å². The summed E-state index contributed by atoms with van der Waals surface area (Å²) >= 11 is 0. The average Bonchev–Trinajstić information content (AvgIpc) is 1.65. The summed E-state index contributed by atoms with van der Waals surface area (Å²) in [7, 11) is -8.38. The zero-order chi connectivity index (χ0) is 62.8. The molecule has 0 saturated heterocycles. The van der Waals surface area contributed by atoms with Gasteiger partial charge in [-0.25, -0.2) is 16.8 Å². The first-order valence-corrected chi connectivity index (χ1v) is 35.8. The first kappa shape index (κ1) is 63.2. The second kappa shape index (κ2) is 26.7. The fourth-order valence-electron chi connectivity index (χ4n) is 13.8. The van der Waals surface area contributed by atoms with Crippen LogP contribution < -0.4 is 9.44 Å². The van der Waals surface area contributed by atoms with Gasteiger partial charge in [-0.1, -0.05) is 148 Å². The largest absolute Gasteiger partial charge is 0.376 e. The fraction of sp³-hybridized carbons (Fsp3) is 0.514. The van der Waals surface area contributed by atoms with Gasteiger partial charge >= 0.3 is 0 Å². The van der Waals surface area contributed by atoms with Crippen molar-refractivity contribution in [2.75, 3.05) is 16.1 Å². The molecule has 2 N–H and O–H groups in total. The molecule has 12 rings (SSSR count). The van der Waals surface area contributed by atoms with Crippen LogP contribution in [0.3, 0.4) is 0 Å². The van der Waals surface area contributed by atoms with E-state index in [0.717, 1.165) is 155 Å². The van der Waals surface area contributed by atoms with Crippen molar-refractivity contribution in [3.05, 3.63) is 130 Å². The molecule has 6 aromatic rings. The lowest BCUT2D eigenvalue weighted by atomic mass is 9.79. The number of hydrogen-bond donors (Lipinski definition) is 2. The van der Waals surface area contributed by atoms with Crippen LogP contribution in [0, 0.1) is 32.6 Å². The van der Waals surface area contributed by atoms with Gasteiger partial charge in [-0.05, 0) is 142 Å². The van der Waals surface area contributed by atoms with Gasteiger partial charge in [0.15, 0.2) is 11.6 Å². The number of nitrogens with zero attached hydrogens (tertiary/aromatic N) is 6. The zero-order valence-corrected chi connectivity index (χ0v) is 54.4. The predicted octanol–water partition coefficient (Wildman–Crippen LogP) is 14.3. The lowest BCUT2D eigenvalue weighted by molar-refractivity contribution is -0.133. The smallest absolute Gasteiger partial charge is 0.263 e. The van der Waals surface area contributed by atoms with E-state index >= 15 is 0 Å². The normalized spacial score (nSPS) is 19.8. The third kappa shape index (κ3) is 13.4. The number of hydrogen-bond acceptors (Lipinski definition) is 14. The summed E-state index contributed by atoms with van der Waals surface area (Å²) in [5.41, 5.74) is 5.67. The molecule has 2 aliphatic heterocycles. The van der Waals surface area contributed by atoms with Gasteiger partial charge in [0.25, 0.3) is 31.9 Å². The molecule has 20 heteroatoms. The van der Waals surface area contributed by atoms with Crippen LogP contribution >= 0.6 is 0 Å². The maximum absolute atomic E-state index is 14.7. The number of carbonyl (C=O) groups excluding carboxylic acids is 2. The van der Waals surface area contributed by atoms with Gasteiger partial charge in [0, 0.05) is 48.1 Å². The Labute approximate surface area is 530 Å². The third-order valence-corrected chi connectivity index (χ3v) is 22.3. The number of amidine groups is 2. The van der Waals surface area contributed by atoms with Crippen LogP contribution in [0.4, 0.5) is 11.6 Å². The minimum atomic E-state index is -4.22. The molecule has 4 aliphatic carbocycles. The summed E-state index contributed by atoms with van der Waals surface area (Å²) in [6.07, 6.45) is 18.7. The number of amides is 2. The Morgan fingerprint density at radius 1 is 0.589 bits per heavy atom. The fourth-order valence-corrected chi connectivity index (χ4v) is 16.4. The van der Waals surface area contributed by atoms with Crippen LogP contribution in [0.25, 0.3) is 22.3 Å². The molecule has 4 fully saturated rings. The molecule has 2 spiro atoms. The summed E-state index contributed by atoms with van der Waals surface area (Å²) in [5.74, 6) is 3.89. The van der Waals surface area contributed by atoms with Crippen LogP contribution in [0.2, 0.25) is 0 Å². The van der Waals surface area contributed by atoms with E-state index in [1.165, 1.54) is 0 Å². The van der Waals surface area contributed by atoms with Crippen LogP contribution in [-0.4, -0.2) is 84.2 Å². The van der Waals surface area contributed by atoms with Crippen molar-refractivity contribution in [3.63, 3.8) is 0 Å². The van der Waals surface area contributed by atoms with Crippen molar-refractivity contribution < 1.29 is 44.9 Å². The first-order chi connectivity index (χ1) is 43.5. The lowest BCUT2D eigenvalue weighted by Gasteiger charge is -2.35. The van der Waals surface area contributed by atoms with Crippen molar-refractivity contribution in [1.29, 1.82) is 0 Å². The van der Waals surface area contributed by atoms with Crippen molar-refractivity contribution >= 4 is 55.2 Å². The maximum atomic E-state index is 14.7. The van der Waals surface area contributed by atoms with Gasteiger partial charge in [-0.3, -0.25) is 38.8 Å². The lowest BCUT2D eigenvalue weighted by Crippen LogP contribution is -2.43. The van der Waals surface area contributed by atoms with E-state index in [2.05, 4.69) is 39.7 Å². The number of aryl methyl sites for hydroxylation is 1.